The molecule has 0 aromatic carbocycles. The van der Waals surface area contributed by atoms with Crippen molar-refractivity contribution < 1.29 is 5.11 Å². The summed E-state index contributed by atoms with van der Waals surface area (Å²) in [5.74, 6) is 0. The minimum atomic E-state index is -0.582. The number of nitrogens with one attached hydrogen (secondary N) is 1. The molecule has 0 bridgehead atoms. The van der Waals surface area contributed by atoms with E-state index in [0.29, 0.717) is 0 Å². The quantitative estimate of drug-likeness (QED) is 0.746. The van der Waals surface area contributed by atoms with E-state index in [4.69, 9.17) is 0 Å². The first-order valence-corrected chi connectivity index (χ1v) is 5.04. The number of nitrogens with zero attached hydrogens (tertiary/aromatic N) is 1. The summed E-state index contributed by atoms with van der Waals surface area (Å²) in [6.45, 7) is 5.43. The van der Waals surface area contributed by atoms with Crippen LogP contribution in [0.3, 0.4) is 0 Å². The van der Waals surface area contributed by atoms with Crippen LogP contribution < -0.4 is 5.32 Å². The van der Waals surface area contributed by atoms with E-state index in [1.165, 1.54) is 5.69 Å². The highest BCUT2D eigenvalue weighted by Gasteiger charge is 2.12. The van der Waals surface area contributed by atoms with Gasteiger partial charge in [-0.3, -0.25) is 0 Å². The Morgan fingerprint density at radius 1 is 1.50 bits per heavy atom. The van der Waals surface area contributed by atoms with Gasteiger partial charge in [-0.1, -0.05) is 0 Å². The summed E-state index contributed by atoms with van der Waals surface area (Å²) in [7, 11) is 1.94. The summed E-state index contributed by atoms with van der Waals surface area (Å²) in [6, 6.07) is 4.14. The molecule has 3 nitrogen and oxygen atoms in total. The van der Waals surface area contributed by atoms with Crippen LogP contribution in [-0.2, 0) is 13.1 Å². The molecule has 80 valence electrons. The zero-order chi connectivity index (χ0) is 10.6. The maximum absolute atomic E-state index is 9.61. The standard InChI is InChI=1S/C11H20N2O/c1-11(2,14)6-8-13-7-4-5-10(13)9-12-3/h4-5,7,12,14H,6,8-9H2,1-3H3. The number of rotatable bonds is 5. The molecule has 2 N–H and O–H groups in total. The molecule has 1 aromatic heterocycles. The van der Waals surface area contributed by atoms with E-state index < -0.39 is 5.60 Å². The lowest BCUT2D eigenvalue weighted by Crippen LogP contribution is -2.22. The van der Waals surface area contributed by atoms with Gasteiger partial charge in [-0.2, -0.15) is 0 Å². The maximum atomic E-state index is 9.61. The molecule has 0 aliphatic rings. The SMILES string of the molecule is CNCc1cccn1CCC(C)(C)O. The van der Waals surface area contributed by atoms with Gasteiger partial charge in [0.15, 0.2) is 0 Å². The van der Waals surface area contributed by atoms with Crippen LogP contribution in [0.4, 0.5) is 0 Å². The van der Waals surface area contributed by atoms with Crippen molar-refractivity contribution in [1.29, 1.82) is 0 Å². The first-order chi connectivity index (χ1) is 6.53. The van der Waals surface area contributed by atoms with Gasteiger partial charge in [0.05, 0.1) is 5.60 Å². The summed E-state index contributed by atoms with van der Waals surface area (Å²) >= 11 is 0. The molecular formula is C11H20N2O. The number of aromatic nitrogens is 1. The number of hydrogen-bond donors (Lipinski definition) is 2. The monoisotopic (exact) mass is 196 g/mol. The van der Waals surface area contributed by atoms with Crippen LogP contribution in [0, 0.1) is 0 Å². The average molecular weight is 196 g/mol. The third kappa shape index (κ3) is 3.52. The molecule has 0 fully saturated rings. The maximum Gasteiger partial charge on any atom is 0.0608 e. The summed E-state index contributed by atoms with van der Waals surface area (Å²) < 4.78 is 2.18. The van der Waals surface area contributed by atoms with Crippen molar-refractivity contribution in [2.24, 2.45) is 0 Å². The topological polar surface area (TPSA) is 37.2 Å². The molecule has 0 aliphatic heterocycles. The van der Waals surface area contributed by atoms with Crippen molar-refractivity contribution in [2.75, 3.05) is 7.05 Å². The van der Waals surface area contributed by atoms with E-state index in [9.17, 15) is 5.11 Å². The lowest BCUT2D eigenvalue weighted by Gasteiger charge is -2.18. The van der Waals surface area contributed by atoms with Crippen molar-refractivity contribution in [3.63, 3.8) is 0 Å². The Kier molecular flexibility index (Phi) is 3.72. The second kappa shape index (κ2) is 4.62. The first kappa shape index (κ1) is 11.3. The van der Waals surface area contributed by atoms with E-state index in [2.05, 4.69) is 22.1 Å². The number of aryl methyl sites for hydroxylation is 1. The molecule has 0 atom stereocenters. The van der Waals surface area contributed by atoms with Crippen molar-refractivity contribution in [3.8, 4) is 0 Å². The van der Waals surface area contributed by atoms with Gasteiger partial charge in [0.25, 0.3) is 0 Å². The lowest BCUT2D eigenvalue weighted by atomic mass is 10.1. The summed E-state index contributed by atoms with van der Waals surface area (Å²) in [5, 5.41) is 12.7. The Bertz CT molecular complexity index is 273. The minimum Gasteiger partial charge on any atom is -0.390 e. The zero-order valence-electron chi connectivity index (χ0n) is 9.25. The molecule has 0 spiro atoms. The molecule has 3 heteroatoms. The molecular weight excluding hydrogens is 176 g/mol. The van der Waals surface area contributed by atoms with Crippen LogP contribution in [-0.4, -0.2) is 22.3 Å². The minimum absolute atomic E-state index is 0.582. The Morgan fingerprint density at radius 3 is 2.79 bits per heavy atom. The van der Waals surface area contributed by atoms with Crippen molar-refractivity contribution in [1.82, 2.24) is 9.88 Å². The Morgan fingerprint density at radius 2 is 2.21 bits per heavy atom. The molecule has 1 heterocycles. The molecule has 0 aliphatic carbocycles. The smallest absolute Gasteiger partial charge is 0.0608 e. The van der Waals surface area contributed by atoms with Crippen LogP contribution >= 0.6 is 0 Å². The second-order valence-electron chi connectivity index (χ2n) is 4.29. The van der Waals surface area contributed by atoms with Gasteiger partial charge in [-0.25, -0.2) is 0 Å². The van der Waals surface area contributed by atoms with E-state index in [1.54, 1.807) is 0 Å². The highest BCUT2D eigenvalue weighted by Crippen LogP contribution is 2.11. The fraction of sp³-hybridized carbons (Fsp3) is 0.636. The van der Waals surface area contributed by atoms with Gasteiger partial charge >= 0.3 is 0 Å². The van der Waals surface area contributed by atoms with Gasteiger partial charge in [-0.15, -0.1) is 0 Å². The fourth-order valence-corrected chi connectivity index (χ4v) is 1.40. The van der Waals surface area contributed by atoms with Gasteiger partial charge in [0.2, 0.25) is 0 Å². The van der Waals surface area contributed by atoms with E-state index in [1.807, 2.05) is 27.0 Å². The first-order valence-electron chi connectivity index (χ1n) is 5.04. The lowest BCUT2D eigenvalue weighted by molar-refractivity contribution is 0.0660. The van der Waals surface area contributed by atoms with E-state index in [0.717, 1.165) is 19.5 Å². The molecule has 14 heavy (non-hydrogen) atoms. The highest BCUT2D eigenvalue weighted by molar-refractivity contribution is 5.06. The van der Waals surface area contributed by atoms with Gasteiger partial charge in [0, 0.05) is 25.0 Å². The largest absolute Gasteiger partial charge is 0.390 e. The highest BCUT2D eigenvalue weighted by atomic mass is 16.3. The fourth-order valence-electron chi connectivity index (χ4n) is 1.40. The Labute approximate surface area is 85.7 Å². The Hall–Kier alpha value is -0.800. The van der Waals surface area contributed by atoms with Crippen molar-refractivity contribution in [3.05, 3.63) is 24.0 Å². The van der Waals surface area contributed by atoms with Crippen LogP contribution in [0.5, 0.6) is 0 Å². The second-order valence-corrected chi connectivity index (χ2v) is 4.29. The average Bonchev–Trinajstić information content (AvgIpc) is 2.48. The molecule has 1 rings (SSSR count). The predicted molar refractivity (Wildman–Crippen MR) is 58.1 cm³/mol. The molecule has 0 unspecified atom stereocenters. The molecule has 0 saturated heterocycles. The molecule has 0 amide bonds. The predicted octanol–water partition coefficient (Wildman–Crippen LogP) is 1.37. The number of hydrogen-bond acceptors (Lipinski definition) is 2. The van der Waals surface area contributed by atoms with E-state index in [-0.39, 0.29) is 0 Å². The van der Waals surface area contributed by atoms with Crippen LogP contribution in [0.2, 0.25) is 0 Å². The third-order valence-electron chi connectivity index (χ3n) is 2.25. The van der Waals surface area contributed by atoms with Crippen LogP contribution in [0.1, 0.15) is 26.0 Å². The van der Waals surface area contributed by atoms with Crippen LogP contribution in [0.15, 0.2) is 18.3 Å². The van der Waals surface area contributed by atoms with Crippen molar-refractivity contribution >= 4 is 0 Å². The molecule has 1 aromatic rings. The van der Waals surface area contributed by atoms with Gasteiger partial charge < -0.3 is 15.0 Å². The van der Waals surface area contributed by atoms with Crippen LogP contribution in [0.25, 0.3) is 0 Å². The zero-order valence-corrected chi connectivity index (χ0v) is 9.25. The van der Waals surface area contributed by atoms with E-state index >= 15 is 0 Å². The van der Waals surface area contributed by atoms with Gasteiger partial charge in [0.1, 0.15) is 0 Å². The Balaban J connectivity index is 2.53. The third-order valence-corrected chi connectivity index (χ3v) is 2.25. The summed E-state index contributed by atoms with van der Waals surface area (Å²) in [6.07, 6.45) is 2.83. The summed E-state index contributed by atoms with van der Waals surface area (Å²) in [5.41, 5.74) is 0.679. The summed E-state index contributed by atoms with van der Waals surface area (Å²) in [4.78, 5) is 0. The number of aliphatic hydroxyl groups is 1. The van der Waals surface area contributed by atoms with Gasteiger partial charge in [-0.05, 0) is 39.4 Å². The normalized spacial score (nSPS) is 12.0. The molecule has 0 saturated carbocycles. The molecule has 0 radical (unpaired) electrons. The van der Waals surface area contributed by atoms with Crippen molar-refractivity contribution in [2.45, 2.75) is 39.0 Å².